The number of anilines is 1. The molecule has 132 valence electrons. The largest absolute Gasteiger partial charge is 0.376 e. The Bertz CT molecular complexity index is 675. The van der Waals surface area contributed by atoms with Gasteiger partial charge in [0, 0.05) is 44.5 Å². The smallest absolute Gasteiger partial charge is 0.225 e. The van der Waals surface area contributed by atoms with Gasteiger partial charge in [-0.3, -0.25) is 9.88 Å². The Balaban J connectivity index is 1.30. The van der Waals surface area contributed by atoms with Crippen LogP contribution in [-0.2, 0) is 11.3 Å². The summed E-state index contributed by atoms with van der Waals surface area (Å²) in [5.41, 5.74) is 1.44. The second-order valence-corrected chi connectivity index (χ2v) is 7.28. The number of hydrogen-bond donors (Lipinski definition) is 0. The standard InChI is InChI=1S/C19H25N5O/c1-23-10-5-17(13-25-12-16-3-8-20-9-4-16)11-19(23)14-24(15-19)18-21-6-2-7-22-18/h2-4,6-9,17H,5,10-15H2,1H3. The van der Waals surface area contributed by atoms with Crippen LogP contribution in [0.2, 0.25) is 0 Å². The van der Waals surface area contributed by atoms with E-state index in [9.17, 15) is 0 Å². The lowest BCUT2D eigenvalue weighted by molar-refractivity contribution is -0.0157. The summed E-state index contributed by atoms with van der Waals surface area (Å²) < 4.78 is 5.98. The average Bonchev–Trinajstić information content (AvgIpc) is 2.63. The van der Waals surface area contributed by atoms with Gasteiger partial charge in [-0.05, 0) is 56.1 Å². The SMILES string of the molecule is CN1CCC(COCc2ccncc2)CC12CN(c1ncccn1)C2. The maximum Gasteiger partial charge on any atom is 0.225 e. The van der Waals surface area contributed by atoms with Gasteiger partial charge in [-0.2, -0.15) is 0 Å². The van der Waals surface area contributed by atoms with E-state index in [0.29, 0.717) is 12.5 Å². The van der Waals surface area contributed by atoms with E-state index in [1.807, 2.05) is 43.0 Å². The minimum atomic E-state index is 0.252. The summed E-state index contributed by atoms with van der Waals surface area (Å²) in [7, 11) is 2.25. The predicted octanol–water partition coefficient (Wildman–Crippen LogP) is 1.99. The zero-order valence-corrected chi connectivity index (χ0v) is 14.7. The van der Waals surface area contributed by atoms with Gasteiger partial charge in [0.25, 0.3) is 0 Å². The van der Waals surface area contributed by atoms with E-state index in [1.54, 1.807) is 0 Å². The average molecular weight is 339 g/mol. The fourth-order valence-electron chi connectivity index (χ4n) is 4.00. The first-order valence-corrected chi connectivity index (χ1v) is 8.95. The van der Waals surface area contributed by atoms with Crippen LogP contribution in [0.15, 0.2) is 43.0 Å². The first kappa shape index (κ1) is 16.4. The molecule has 0 N–H and O–H groups in total. The van der Waals surface area contributed by atoms with Crippen molar-refractivity contribution < 1.29 is 4.74 Å². The van der Waals surface area contributed by atoms with Gasteiger partial charge < -0.3 is 9.64 Å². The Kier molecular flexibility index (Phi) is 4.63. The number of rotatable bonds is 5. The third kappa shape index (κ3) is 3.50. The van der Waals surface area contributed by atoms with Crippen molar-refractivity contribution in [1.82, 2.24) is 19.9 Å². The van der Waals surface area contributed by atoms with E-state index < -0.39 is 0 Å². The molecule has 1 atom stereocenters. The quantitative estimate of drug-likeness (QED) is 0.830. The molecule has 2 aromatic rings. The van der Waals surface area contributed by atoms with E-state index in [1.165, 1.54) is 18.4 Å². The van der Waals surface area contributed by atoms with Crippen molar-refractivity contribution in [1.29, 1.82) is 0 Å². The molecular weight excluding hydrogens is 314 g/mol. The lowest BCUT2D eigenvalue weighted by Crippen LogP contribution is -2.72. The first-order chi connectivity index (χ1) is 12.3. The minimum Gasteiger partial charge on any atom is -0.376 e. The molecule has 25 heavy (non-hydrogen) atoms. The lowest BCUT2D eigenvalue weighted by atomic mass is 9.75. The summed E-state index contributed by atoms with van der Waals surface area (Å²) in [5, 5.41) is 0. The summed E-state index contributed by atoms with van der Waals surface area (Å²) in [4.78, 5) is 17.6. The second-order valence-electron chi connectivity index (χ2n) is 7.28. The van der Waals surface area contributed by atoms with Crippen LogP contribution in [-0.4, -0.2) is 58.7 Å². The van der Waals surface area contributed by atoms with Crippen LogP contribution in [0.3, 0.4) is 0 Å². The molecule has 1 unspecified atom stereocenters. The van der Waals surface area contributed by atoms with Gasteiger partial charge >= 0.3 is 0 Å². The highest BCUT2D eigenvalue weighted by atomic mass is 16.5. The fourth-order valence-corrected chi connectivity index (χ4v) is 4.00. The Morgan fingerprint density at radius 3 is 2.68 bits per heavy atom. The highest BCUT2D eigenvalue weighted by Gasteiger charge is 2.50. The normalized spacial score (nSPS) is 22.8. The predicted molar refractivity (Wildman–Crippen MR) is 96.2 cm³/mol. The highest BCUT2D eigenvalue weighted by molar-refractivity contribution is 5.38. The number of likely N-dealkylation sites (N-methyl/N-ethyl adjacent to an activating group) is 1. The second kappa shape index (κ2) is 7.06. The third-order valence-electron chi connectivity index (χ3n) is 5.53. The highest BCUT2D eigenvalue weighted by Crippen LogP contribution is 2.39. The van der Waals surface area contributed by atoms with Crippen LogP contribution in [0.1, 0.15) is 18.4 Å². The zero-order valence-electron chi connectivity index (χ0n) is 14.7. The summed E-state index contributed by atoms with van der Waals surface area (Å²) in [6, 6.07) is 5.89. The molecule has 6 nitrogen and oxygen atoms in total. The molecule has 1 spiro atoms. The fraction of sp³-hybridized carbons (Fsp3) is 0.526. The minimum absolute atomic E-state index is 0.252. The molecule has 2 saturated heterocycles. The van der Waals surface area contributed by atoms with Crippen LogP contribution in [0.4, 0.5) is 5.95 Å². The van der Waals surface area contributed by atoms with E-state index in [-0.39, 0.29) is 5.54 Å². The molecule has 0 saturated carbocycles. The number of piperidine rings is 1. The maximum atomic E-state index is 5.98. The molecule has 0 aliphatic carbocycles. The number of hydrogen-bond acceptors (Lipinski definition) is 6. The number of likely N-dealkylation sites (tertiary alicyclic amines) is 1. The molecule has 2 aliphatic heterocycles. The number of ether oxygens (including phenoxy) is 1. The van der Waals surface area contributed by atoms with Gasteiger partial charge in [0.2, 0.25) is 5.95 Å². The van der Waals surface area contributed by atoms with Gasteiger partial charge in [0.15, 0.2) is 0 Å². The molecule has 0 aromatic carbocycles. The molecule has 4 rings (SSSR count). The van der Waals surface area contributed by atoms with Crippen LogP contribution >= 0.6 is 0 Å². The van der Waals surface area contributed by atoms with Crippen molar-refractivity contribution in [3.63, 3.8) is 0 Å². The van der Waals surface area contributed by atoms with Gasteiger partial charge in [-0.25, -0.2) is 9.97 Å². The van der Waals surface area contributed by atoms with E-state index in [0.717, 1.165) is 32.2 Å². The van der Waals surface area contributed by atoms with E-state index in [2.05, 4.69) is 31.8 Å². The van der Waals surface area contributed by atoms with Gasteiger partial charge in [-0.1, -0.05) is 0 Å². The molecule has 2 aliphatic rings. The molecule has 6 heteroatoms. The van der Waals surface area contributed by atoms with E-state index in [4.69, 9.17) is 4.74 Å². The first-order valence-electron chi connectivity index (χ1n) is 8.95. The van der Waals surface area contributed by atoms with Crippen molar-refractivity contribution in [2.24, 2.45) is 5.92 Å². The number of pyridine rings is 1. The monoisotopic (exact) mass is 339 g/mol. The number of aromatic nitrogens is 3. The molecule has 2 fully saturated rings. The van der Waals surface area contributed by atoms with E-state index >= 15 is 0 Å². The Hall–Kier alpha value is -2.05. The Morgan fingerprint density at radius 1 is 1.16 bits per heavy atom. The number of nitrogens with zero attached hydrogens (tertiary/aromatic N) is 5. The van der Waals surface area contributed by atoms with Crippen molar-refractivity contribution in [3.05, 3.63) is 48.5 Å². The summed E-state index contributed by atoms with van der Waals surface area (Å²) in [6.07, 6.45) is 9.65. The van der Waals surface area contributed by atoms with Crippen LogP contribution < -0.4 is 4.90 Å². The topological polar surface area (TPSA) is 54.4 Å². The molecule has 0 bridgehead atoms. The Morgan fingerprint density at radius 2 is 1.92 bits per heavy atom. The van der Waals surface area contributed by atoms with Crippen molar-refractivity contribution >= 4 is 5.95 Å². The summed E-state index contributed by atoms with van der Waals surface area (Å²) in [6.45, 7) is 4.65. The molecule has 0 amide bonds. The van der Waals surface area contributed by atoms with Crippen LogP contribution in [0, 0.1) is 5.92 Å². The van der Waals surface area contributed by atoms with Gasteiger partial charge in [0.1, 0.15) is 0 Å². The molecular formula is C19H25N5O. The Labute approximate surface area is 148 Å². The maximum absolute atomic E-state index is 5.98. The van der Waals surface area contributed by atoms with Crippen molar-refractivity contribution in [2.75, 3.05) is 38.2 Å². The summed E-state index contributed by atoms with van der Waals surface area (Å²) >= 11 is 0. The van der Waals surface area contributed by atoms with Crippen LogP contribution in [0.25, 0.3) is 0 Å². The van der Waals surface area contributed by atoms with Crippen molar-refractivity contribution in [2.45, 2.75) is 25.0 Å². The third-order valence-corrected chi connectivity index (χ3v) is 5.53. The molecule has 4 heterocycles. The van der Waals surface area contributed by atoms with Crippen LogP contribution in [0.5, 0.6) is 0 Å². The van der Waals surface area contributed by atoms with Crippen molar-refractivity contribution in [3.8, 4) is 0 Å². The lowest BCUT2D eigenvalue weighted by Gasteiger charge is -2.58. The zero-order chi connectivity index (χ0) is 17.1. The van der Waals surface area contributed by atoms with Gasteiger partial charge in [0.05, 0.1) is 12.1 Å². The van der Waals surface area contributed by atoms with Gasteiger partial charge in [-0.15, -0.1) is 0 Å². The molecule has 0 radical (unpaired) electrons. The molecule has 2 aromatic heterocycles. The summed E-state index contributed by atoms with van der Waals surface area (Å²) in [5.74, 6) is 1.47.